The van der Waals surface area contributed by atoms with Gasteiger partial charge in [0, 0.05) is 24.7 Å². The molecule has 0 saturated carbocycles. The number of carbonyl (C=O) groups is 2. The molecular formula is C23H28N2O5S. The van der Waals surface area contributed by atoms with Crippen molar-refractivity contribution in [1.29, 1.82) is 0 Å². The minimum Gasteiger partial charge on any atom is -0.465 e. The fraction of sp³-hybridized carbons (Fsp3) is 0.391. The first-order valence-corrected chi connectivity index (χ1v) is 11.8. The fourth-order valence-corrected chi connectivity index (χ4v) is 5.36. The van der Waals surface area contributed by atoms with Crippen molar-refractivity contribution in [2.24, 2.45) is 5.92 Å². The standard InChI is InChI=1S/C23H28N2O5S/c1-16-6-4-5-7-20(16)15-31(28,29)25-12-10-18(11-13-25)22(26)24-21-14-19(23(27)30-3)9-8-17(21)2/h4-9,14,18H,10-13,15H2,1-3H3,(H,24,26). The Balaban J connectivity index is 1.61. The molecule has 1 heterocycles. The number of ether oxygens (including phenoxy) is 1. The molecule has 1 N–H and O–H groups in total. The zero-order chi connectivity index (χ0) is 22.6. The molecule has 1 aliphatic rings. The molecule has 31 heavy (non-hydrogen) atoms. The zero-order valence-corrected chi connectivity index (χ0v) is 18.9. The number of aryl methyl sites for hydroxylation is 2. The van der Waals surface area contributed by atoms with Crippen LogP contribution in [0, 0.1) is 19.8 Å². The Hall–Kier alpha value is -2.71. The van der Waals surface area contributed by atoms with Gasteiger partial charge in [-0.2, -0.15) is 0 Å². The number of esters is 1. The summed E-state index contributed by atoms with van der Waals surface area (Å²) in [6, 6.07) is 12.5. The van der Waals surface area contributed by atoms with Crippen molar-refractivity contribution in [3.8, 4) is 0 Å². The first kappa shape index (κ1) is 23.0. The normalized spacial score (nSPS) is 15.5. The van der Waals surface area contributed by atoms with Gasteiger partial charge in [0.05, 0.1) is 18.4 Å². The zero-order valence-electron chi connectivity index (χ0n) is 18.1. The number of sulfonamides is 1. The van der Waals surface area contributed by atoms with Gasteiger partial charge in [0.15, 0.2) is 0 Å². The van der Waals surface area contributed by atoms with Crippen LogP contribution in [0.1, 0.15) is 39.9 Å². The Morgan fingerprint density at radius 1 is 1.06 bits per heavy atom. The summed E-state index contributed by atoms with van der Waals surface area (Å²) in [6.45, 7) is 4.37. The molecule has 3 rings (SSSR count). The molecule has 1 amide bonds. The van der Waals surface area contributed by atoms with E-state index < -0.39 is 16.0 Å². The minimum atomic E-state index is -3.44. The summed E-state index contributed by atoms with van der Waals surface area (Å²) in [5.74, 6) is -0.953. The van der Waals surface area contributed by atoms with E-state index in [0.29, 0.717) is 37.2 Å². The molecule has 8 heteroatoms. The molecule has 2 aromatic rings. The number of rotatable bonds is 6. The van der Waals surface area contributed by atoms with Gasteiger partial charge in [-0.15, -0.1) is 0 Å². The van der Waals surface area contributed by atoms with E-state index in [0.717, 1.165) is 16.7 Å². The summed E-state index contributed by atoms with van der Waals surface area (Å²) >= 11 is 0. The number of anilines is 1. The number of amides is 1. The fourth-order valence-electron chi connectivity index (χ4n) is 3.69. The molecule has 0 spiro atoms. The molecule has 0 atom stereocenters. The lowest BCUT2D eigenvalue weighted by Gasteiger charge is -2.30. The number of benzene rings is 2. The highest BCUT2D eigenvalue weighted by atomic mass is 32.2. The average molecular weight is 445 g/mol. The molecule has 1 saturated heterocycles. The molecule has 166 valence electrons. The Labute approximate surface area is 183 Å². The Kier molecular flexibility index (Phi) is 7.12. The van der Waals surface area contributed by atoms with E-state index in [2.05, 4.69) is 5.32 Å². The number of methoxy groups -OCH3 is 1. The van der Waals surface area contributed by atoms with E-state index in [-0.39, 0.29) is 17.6 Å². The third-order valence-electron chi connectivity index (χ3n) is 5.73. The van der Waals surface area contributed by atoms with E-state index in [9.17, 15) is 18.0 Å². The van der Waals surface area contributed by atoms with Crippen LogP contribution in [0.5, 0.6) is 0 Å². The predicted molar refractivity (Wildman–Crippen MR) is 119 cm³/mol. The third-order valence-corrected chi connectivity index (χ3v) is 7.56. The van der Waals surface area contributed by atoms with Gasteiger partial charge < -0.3 is 10.1 Å². The molecule has 0 aliphatic carbocycles. The highest BCUT2D eigenvalue weighted by Crippen LogP contribution is 2.25. The van der Waals surface area contributed by atoms with Crippen molar-refractivity contribution in [3.63, 3.8) is 0 Å². The molecule has 1 aliphatic heterocycles. The maximum atomic E-state index is 12.8. The number of hydrogen-bond donors (Lipinski definition) is 1. The number of hydrogen-bond acceptors (Lipinski definition) is 5. The van der Waals surface area contributed by atoms with Crippen molar-refractivity contribution >= 4 is 27.6 Å². The summed E-state index contributed by atoms with van der Waals surface area (Å²) in [7, 11) is -2.13. The van der Waals surface area contributed by atoms with Crippen LogP contribution in [0.4, 0.5) is 5.69 Å². The molecule has 2 aromatic carbocycles. The Bertz CT molecular complexity index is 1070. The first-order chi connectivity index (χ1) is 14.7. The van der Waals surface area contributed by atoms with Gasteiger partial charge in [0.1, 0.15) is 0 Å². The summed E-state index contributed by atoms with van der Waals surface area (Å²) in [4.78, 5) is 24.5. The number of piperidine rings is 1. The molecule has 1 fully saturated rings. The maximum absolute atomic E-state index is 12.8. The van der Waals surface area contributed by atoms with Gasteiger partial charge >= 0.3 is 5.97 Å². The van der Waals surface area contributed by atoms with Gasteiger partial charge in [0.25, 0.3) is 0 Å². The van der Waals surface area contributed by atoms with E-state index in [1.165, 1.54) is 11.4 Å². The minimum absolute atomic E-state index is 0.0317. The number of nitrogens with one attached hydrogen (secondary N) is 1. The van der Waals surface area contributed by atoms with Crippen LogP contribution in [-0.4, -0.2) is 44.8 Å². The van der Waals surface area contributed by atoms with Crippen LogP contribution in [-0.2, 0) is 25.3 Å². The van der Waals surface area contributed by atoms with Gasteiger partial charge in [-0.05, 0) is 55.5 Å². The highest BCUT2D eigenvalue weighted by Gasteiger charge is 2.31. The first-order valence-electron chi connectivity index (χ1n) is 10.2. The lowest BCUT2D eigenvalue weighted by atomic mass is 9.97. The van der Waals surface area contributed by atoms with Crippen LogP contribution in [0.25, 0.3) is 0 Å². The second kappa shape index (κ2) is 9.62. The second-order valence-corrected chi connectivity index (χ2v) is 9.84. The van der Waals surface area contributed by atoms with Gasteiger partial charge in [-0.25, -0.2) is 17.5 Å². The molecular weight excluding hydrogens is 416 g/mol. The summed E-state index contributed by atoms with van der Waals surface area (Å²) in [5.41, 5.74) is 3.50. The van der Waals surface area contributed by atoms with Crippen LogP contribution < -0.4 is 5.32 Å². The van der Waals surface area contributed by atoms with Crippen molar-refractivity contribution in [2.75, 3.05) is 25.5 Å². The topological polar surface area (TPSA) is 92.8 Å². The van der Waals surface area contributed by atoms with E-state index >= 15 is 0 Å². The molecule has 0 unspecified atom stereocenters. The summed E-state index contributed by atoms with van der Waals surface area (Å²) in [6.07, 6.45) is 0.906. The largest absolute Gasteiger partial charge is 0.465 e. The maximum Gasteiger partial charge on any atom is 0.337 e. The van der Waals surface area contributed by atoms with Crippen molar-refractivity contribution in [2.45, 2.75) is 32.4 Å². The highest BCUT2D eigenvalue weighted by molar-refractivity contribution is 7.88. The van der Waals surface area contributed by atoms with Crippen molar-refractivity contribution < 1.29 is 22.7 Å². The number of carbonyl (C=O) groups excluding carboxylic acids is 2. The lowest BCUT2D eigenvalue weighted by molar-refractivity contribution is -0.120. The molecule has 0 radical (unpaired) electrons. The van der Waals surface area contributed by atoms with Crippen LogP contribution in [0.2, 0.25) is 0 Å². The quantitative estimate of drug-likeness (QED) is 0.691. The van der Waals surface area contributed by atoms with E-state index in [1.807, 2.05) is 38.1 Å². The monoisotopic (exact) mass is 444 g/mol. The van der Waals surface area contributed by atoms with Gasteiger partial charge in [-0.1, -0.05) is 30.3 Å². The Morgan fingerprint density at radius 3 is 2.39 bits per heavy atom. The lowest BCUT2D eigenvalue weighted by Crippen LogP contribution is -2.42. The van der Waals surface area contributed by atoms with Crippen molar-refractivity contribution in [1.82, 2.24) is 4.31 Å². The van der Waals surface area contributed by atoms with Gasteiger partial charge in [0.2, 0.25) is 15.9 Å². The predicted octanol–water partition coefficient (Wildman–Crippen LogP) is 3.27. The number of nitrogens with zero attached hydrogens (tertiary/aromatic N) is 1. The summed E-state index contributed by atoms with van der Waals surface area (Å²) in [5, 5.41) is 2.89. The third kappa shape index (κ3) is 5.51. The molecule has 7 nitrogen and oxygen atoms in total. The summed E-state index contributed by atoms with van der Waals surface area (Å²) < 4.78 is 31.9. The molecule has 0 aromatic heterocycles. The van der Waals surface area contributed by atoms with Crippen LogP contribution in [0.15, 0.2) is 42.5 Å². The average Bonchev–Trinajstić information content (AvgIpc) is 2.76. The second-order valence-electron chi connectivity index (χ2n) is 7.87. The SMILES string of the molecule is COC(=O)c1ccc(C)c(NC(=O)C2CCN(S(=O)(=O)Cc3ccccc3C)CC2)c1. The van der Waals surface area contributed by atoms with Gasteiger partial charge in [-0.3, -0.25) is 4.79 Å². The van der Waals surface area contributed by atoms with Crippen LogP contribution in [0.3, 0.4) is 0 Å². The Morgan fingerprint density at radius 2 is 1.74 bits per heavy atom. The van der Waals surface area contributed by atoms with E-state index in [4.69, 9.17) is 4.74 Å². The van der Waals surface area contributed by atoms with E-state index in [1.54, 1.807) is 18.2 Å². The molecule has 0 bridgehead atoms. The van der Waals surface area contributed by atoms with Crippen molar-refractivity contribution in [3.05, 3.63) is 64.7 Å². The van der Waals surface area contributed by atoms with Crippen LogP contribution >= 0.6 is 0 Å². The smallest absolute Gasteiger partial charge is 0.337 e.